The number of fused-ring (bicyclic) bond motifs is 4. The van der Waals surface area contributed by atoms with Crippen LogP contribution in [-0.2, 0) is 13.6 Å². The molecule has 4 atom stereocenters. The molecular formula is C36H39ClN8O3. The van der Waals surface area contributed by atoms with E-state index in [1.165, 1.54) is 12.8 Å². The van der Waals surface area contributed by atoms with E-state index in [9.17, 15) is 9.59 Å². The van der Waals surface area contributed by atoms with E-state index in [-0.39, 0.29) is 35.1 Å². The van der Waals surface area contributed by atoms with Crippen molar-refractivity contribution < 1.29 is 14.3 Å². The smallest absolute Gasteiger partial charge is 0.254 e. The zero-order valence-corrected chi connectivity index (χ0v) is 28.1. The minimum absolute atomic E-state index is 0.0150. The standard InChI is InChI=1S/C36H39ClN8O3/c1-19(40-35(46)25-5-4-12-39-32(25)37)27-11-9-22-15-29(45(33(22)41-27)17-20-6-7-20)34-42-28-14-23(16-30(48-3)31(28)43(34)2)36(47)44-18-26(38)21-8-10-24(44)13-21/h4-5,9,11-12,14-16,19-21,24,26H,6-8,10,13,17-18,38H2,1-3H3,(H,40,46)/t19-,21+,24-,26+/m1/s1. The Kier molecular flexibility index (Phi) is 7.64. The third-order valence-corrected chi connectivity index (χ3v) is 10.8. The number of amides is 2. The fraction of sp³-hybridized carbons (Fsp3) is 0.417. The minimum Gasteiger partial charge on any atom is -0.494 e. The van der Waals surface area contributed by atoms with Gasteiger partial charge < -0.3 is 29.8 Å². The van der Waals surface area contributed by atoms with E-state index in [2.05, 4.69) is 20.9 Å². The molecule has 2 bridgehead atoms. The molecule has 12 heteroatoms. The second-order valence-electron chi connectivity index (χ2n) is 13.7. The van der Waals surface area contributed by atoms with E-state index in [0.29, 0.717) is 40.8 Å². The van der Waals surface area contributed by atoms with Gasteiger partial charge in [0.2, 0.25) is 0 Å². The number of aryl methyl sites for hydroxylation is 1. The molecule has 48 heavy (non-hydrogen) atoms. The normalized spacial score (nSPS) is 21.2. The Morgan fingerprint density at radius 3 is 2.73 bits per heavy atom. The van der Waals surface area contributed by atoms with E-state index in [0.717, 1.165) is 59.6 Å². The second-order valence-corrected chi connectivity index (χ2v) is 14.0. The minimum atomic E-state index is -0.369. The SMILES string of the molecule is COc1cc(C(=O)N2C[C@H](N)[C@H]3CC[C@@H]2C3)cc2nc(-c3cc4ccc([C@@H](C)NC(=O)c5cccnc5Cl)nc4n3CC3CC3)n(C)c12. The van der Waals surface area contributed by atoms with Crippen LogP contribution >= 0.6 is 11.6 Å². The number of ether oxygens (including phenoxy) is 1. The molecule has 3 aliphatic rings. The molecule has 5 heterocycles. The second kappa shape index (κ2) is 11.9. The van der Waals surface area contributed by atoms with E-state index in [4.69, 9.17) is 32.0 Å². The summed E-state index contributed by atoms with van der Waals surface area (Å²) in [6.45, 7) is 3.30. The fourth-order valence-electron chi connectivity index (χ4n) is 7.64. The summed E-state index contributed by atoms with van der Waals surface area (Å²) in [5.74, 6) is 2.11. The zero-order chi connectivity index (χ0) is 33.3. The van der Waals surface area contributed by atoms with Crippen LogP contribution in [0, 0.1) is 11.8 Å². The number of aromatic nitrogens is 5. The number of halogens is 1. The number of nitrogens with zero attached hydrogens (tertiary/aromatic N) is 6. The molecule has 4 aromatic heterocycles. The van der Waals surface area contributed by atoms with E-state index in [1.807, 2.05) is 47.7 Å². The molecule has 1 saturated heterocycles. The largest absolute Gasteiger partial charge is 0.494 e. The number of pyridine rings is 2. The molecule has 248 valence electrons. The number of likely N-dealkylation sites (tertiary alicyclic amines) is 1. The molecule has 2 aliphatic carbocycles. The number of imidazole rings is 1. The summed E-state index contributed by atoms with van der Waals surface area (Å²) >= 11 is 6.17. The van der Waals surface area contributed by atoms with Crippen molar-refractivity contribution in [3.63, 3.8) is 0 Å². The first-order chi connectivity index (χ1) is 23.2. The van der Waals surface area contributed by atoms with Crippen molar-refractivity contribution in [3.8, 4) is 17.3 Å². The van der Waals surface area contributed by atoms with Gasteiger partial charge in [-0.2, -0.15) is 0 Å². The number of carbonyl (C=O) groups is 2. The summed E-state index contributed by atoms with van der Waals surface area (Å²) in [5, 5.41) is 4.15. The van der Waals surface area contributed by atoms with Gasteiger partial charge >= 0.3 is 0 Å². The maximum Gasteiger partial charge on any atom is 0.254 e. The van der Waals surface area contributed by atoms with Crippen LogP contribution in [0.5, 0.6) is 5.75 Å². The van der Waals surface area contributed by atoms with Crippen molar-refractivity contribution in [2.45, 2.75) is 63.7 Å². The molecule has 0 spiro atoms. The van der Waals surface area contributed by atoms with Crippen LogP contribution in [0.25, 0.3) is 33.6 Å². The first-order valence-corrected chi connectivity index (χ1v) is 17.1. The van der Waals surface area contributed by atoms with Crippen LogP contribution in [0.15, 0.2) is 48.7 Å². The van der Waals surface area contributed by atoms with Gasteiger partial charge in [0, 0.05) is 49.4 Å². The lowest BCUT2D eigenvalue weighted by Crippen LogP contribution is -2.51. The lowest BCUT2D eigenvalue weighted by molar-refractivity contribution is 0.0603. The Hall–Kier alpha value is -4.48. The third kappa shape index (κ3) is 5.29. The average Bonchev–Trinajstić information content (AvgIpc) is 3.55. The van der Waals surface area contributed by atoms with Gasteiger partial charge in [0.1, 0.15) is 22.1 Å². The first kappa shape index (κ1) is 30.8. The summed E-state index contributed by atoms with van der Waals surface area (Å²) in [4.78, 5) is 43.1. The van der Waals surface area contributed by atoms with Gasteiger partial charge in [0.15, 0.2) is 5.82 Å². The van der Waals surface area contributed by atoms with Crippen molar-refractivity contribution in [1.29, 1.82) is 0 Å². The van der Waals surface area contributed by atoms with E-state index >= 15 is 0 Å². The Morgan fingerprint density at radius 1 is 1.12 bits per heavy atom. The molecule has 0 radical (unpaired) electrons. The molecule has 5 aromatic rings. The van der Waals surface area contributed by atoms with Gasteiger partial charge in [-0.25, -0.2) is 15.0 Å². The van der Waals surface area contributed by atoms with Crippen LogP contribution in [0.4, 0.5) is 0 Å². The quantitative estimate of drug-likeness (QED) is 0.209. The molecule has 2 amide bonds. The number of methoxy groups -OCH3 is 1. The summed E-state index contributed by atoms with van der Waals surface area (Å²) in [6.07, 6.45) is 6.95. The summed E-state index contributed by atoms with van der Waals surface area (Å²) < 4.78 is 10.2. The van der Waals surface area contributed by atoms with Crippen LogP contribution in [-0.4, -0.2) is 66.5 Å². The summed E-state index contributed by atoms with van der Waals surface area (Å²) in [7, 11) is 3.61. The number of piperidine rings is 1. The number of nitrogens with one attached hydrogen (secondary N) is 1. The number of hydrogen-bond acceptors (Lipinski definition) is 7. The topological polar surface area (TPSA) is 133 Å². The van der Waals surface area contributed by atoms with Crippen LogP contribution < -0.4 is 15.8 Å². The average molecular weight is 667 g/mol. The molecule has 3 fully saturated rings. The van der Waals surface area contributed by atoms with Gasteiger partial charge in [-0.15, -0.1) is 0 Å². The highest BCUT2D eigenvalue weighted by Gasteiger charge is 2.41. The number of rotatable bonds is 8. The molecular weight excluding hydrogens is 628 g/mol. The van der Waals surface area contributed by atoms with Crippen LogP contribution in [0.3, 0.4) is 0 Å². The molecule has 11 nitrogen and oxygen atoms in total. The number of benzene rings is 1. The van der Waals surface area contributed by atoms with Crippen molar-refractivity contribution in [3.05, 3.63) is 70.6 Å². The molecule has 0 unspecified atom stereocenters. The molecule has 8 rings (SSSR count). The Labute approximate surface area is 283 Å². The monoisotopic (exact) mass is 666 g/mol. The van der Waals surface area contributed by atoms with Crippen molar-refractivity contribution in [1.82, 2.24) is 34.3 Å². The molecule has 1 aromatic carbocycles. The van der Waals surface area contributed by atoms with Gasteiger partial charge in [-0.3, -0.25) is 9.59 Å². The van der Waals surface area contributed by atoms with Gasteiger partial charge in [-0.05, 0) is 93.3 Å². The lowest BCUT2D eigenvalue weighted by atomic mass is 9.94. The zero-order valence-electron chi connectivity index (χ0n) is 27.3. The predicted molar refractivity (Wildman–Crippen MR) is 184 cm³/mol. The first-order valence-electron chi connectivity index (χ1n) is 16.7. The Morgan fingerprint density at radius 2 is 1.96 bits per heavy atom. The van der Waals surface area contributed by atoms with E-state index < -0.39 is 0 Å². The molecule has 2 saturated carbocycles. The highest BCUT2D eigenvalue weighted by atomic mass is 35.5. The van der Waals surface area contributed by atoms with Crippen LogP contribution in [0.2, 0.25) is 5.15 Å². The maximum absolute atomic E-state index is 13.9. The molecule has 1 aliphatic heterocycles. The predicted octanol–water partition coefficient (Wildman–Crippen LogP) is 5.50. The summed E-state index contributed by atoms with van der Waals surface area (Å²) in [5.41, 5.74) is 11.4. The van der Waals surface area contributed by atoms with Gasteiger partial charge in [0.25, 0.3) is 11.8 Å². The van der Waals surface area contributed by atoms with Gasteiger partial charge in [0.05, 0.1) is 35.6 Å². The maximum atomic E-state index is 13.9. The fourth-order valence-corrected chi connectivity index (χ4v) is 7.84. The van der Waals surface area contributed by atoms with Crippen molar-refractivity contribution >= 4 is 45.5 Å². The van der Waals surface area contributed by atoms with Gasteiger partial charge in [-0.1, -0.05) is 11.6 Å². The van der Waals surface area contributed by atoms with E-state index in [1.54, 1.807) is 25.4 Å². The van der Waals surface area contributed by atoms with Crippen molar-refractivity contribution in [2.75, 3.05) is 13.7 Å². The highest BCUT2D eigenvalue weighted by Crippen LogP contribution is 2.40. The third-order valence-electron chi connectivity index (χ3n) is 10.5. The van der Waals surface area contributed by atoms with Crippen LogP contribution in [0.1, 0.15) is 71.5 Å². The molecule has 3 N–H and O–H groups in total. The Balaban J connectivity index is 1.16. The number of nitrogens with two attached hydrogens (primary N) is 1. The highest BCUT2D eigenvalue weighted by molar-refractivity contribution is 6.32. The van der Waals surface area contributed by atoms with Crippen molar-refractivity contribution in [2.24, 2.45) is 24.6 Å². The number of hydrogen-bond donors (Lipinski definition) is 2. The Bertz CT molecular complexity index is 2080. The number of carbonyl (C=O) groups excluding carboxylic acids is 2. The lowest BCUT2D eigenvalue weighted by Gasteiger charge is -2.37. The summed E-state index contributed by atoms with van der Waals surface area (Å²) in [6, 6.07) is 13.1.